The fraction of sp³-hybridized carbons (Fsp3) is 0.188. The Hall–Kier alpha value is -2.48. The van der Waals surface area contributed by atoms with E-state index in [1.54, 1.807) is 0 Å². The van der Waals surface area contributed by atoms with Crippen LogP contribution >= 0.6 is 0 Å². The Morgan fingerprint density at radius 1 is 1.04 bits per heavy atom. The molecular weight excluding hydrogens is 338 g/mol. The predicted molar refractivity (Wildman–Crippen MR) is 88.0 cm³/mol. The third-order valence-electron chi connectivity index (χ3n) is 3.13. The zero-order chi connectivity index (χ0) is 17.7. The highest BCUT2D eigenvalue weighted by atomic mass is 32.2. The van der Waals surface area contributed by atoms with Crippen molar-refractivity contribution in [3.8, 4) is 0 Å². The van der Waals surface area contributed by atoms with Gasteiger partial charge in [0.1, 0.15) is 11.6 Å². The highest BCUT2D eigenvalue weighted by molar-refractivity contribution is 7.92. The van der Waals surface area contributed by atoms with Crippen LogP contribution in [0, 0.1) is 17.6 Å². The maximum atomic E-state index is 13.1. The lowest BCUT2D eigenvalue weighted by Gasteiger charge is -2.14. The first-order chi connectivity index (χ1) is 11.2. The molecule has 8 heteroatoms. The van der Waals surface area contributed by atoms with Gasteiger partial charge < -0.3 is 5.32 Å². The van der Waals surface area contributed by atoms with Gasteiger partial charge in [0.2, 0.25) is 15.9 Å². The Labute approximate surface area is 138 Å². The molecule has 1 atom stereocenters. The maximum absolute atomic E-state index is 13.1. The summed E-state index contributed by atoms with van der Waals surface area (Å²) in [6.07, 6.45) is 0. The summed E-state index contributed by atoms with van der Waals surface area (Å²) < 4.78 is 52.2. The molecule has 0 saturated carbocycles. The number of hydrogen-bond donors (Lipinski definition) is 2. The normalized spacial score (nSPS) is 12.5. The molecular formula is C16H16F2N2O3S. The van der Waals surface area contributed by atoms with Gasteiger partial charge in [0.15, 0.2) is 0 Å². The molecule has 1 amide bonds. The Bertz CT molecular complexity index is 823. The van der Waals surface area contributed by atoms with E-state index in [0.29, 0.717) is 5.69 Å². The Morgan fingerprint density at radius 3 is 2.33 bits per heavy atom. The second-order valence-corrected chi connectivity index (χ2v) is 7.06. The standard InChI is InChI=1S/C16H16F2N2O3S/c1-11(16(21)19-14-7-5-12(17)6-8-14)10-24(22,23)20-15-4-2-3-13(18)9-15/h2-9,11,20H,10H2,1H3,(H,19,21). The average Bonchev–Trinajstić information content (AvgIpc) is 2.48. The number of rotatable bonds is 6. The van der Waals surface area contributed by atoms with Crippen LogP contribution in [-0.2, 0) is 14.8 Å². The van der Waals surface area contributed by atoms with Crippen LogP contribution in [0.5, 0.6) is 0 Å². The number of benzene rings is 2. The summed E-state index contributed by atoms with van der Waals surface area (Å²) in [6, 6.07) is 10.1. The summed E-state index contributed by atoms with van der Waals surface area (Å²) >= 11 is 0. The van der Waals surface area contributed by atoms with Crippen LogP contribution in [0.2, 0.25) is 0 Å². The SMILES string of the molecule is CC(CS(=O)(=O)Nc1cccc(F)c1)C(=O)Nc1ccc(F)cc1. The molecule has 0 aliphatic carbocycles. The van der Waals surface area contributed by atoms with Gasteiger partial charge in [-0.25, -0.2) is 17.2 Å². The topological polar surface area (TPSA) is 75.3 Å². The molecule has 0 fully saturated rings. The predicted octanol–water partition coefficient (Wildman–Crippen LogP) is 2.98. The molecule has 0 bridgehead atoms. The van der Waals surface area contributed by atoms with E-state index >= 15 is 0 Å². The summed E-state index contributed by atoms with van der Waals surface area (Å²) in [5.74, 6) is -2.87. The number of carbonyl (C=O) groups is 1. The van der Waals surface area contributed by atoms with Gasteiger partial charge in [0, 0.05) is 5.69 Å². The van der Waals surface area contributed by atoms with Crippen molar-refractivity contribution in [2.24, 2.45) is 5.92 Å². The first-order valence-corrected chi connectivity index (χ1v) is 8.73. The molecule has 1 unspecified atom stereocenters. The molecule has 0 radical (unpaired) electrons. The molecule has 0 spiro atoms. The molecule has 0 heterocycles. The van der Waals surface area contributed by atoms with Crippen LogP contribution in [0.3, 0.4) is 0 Å². The van der Waals surface area contributed by atoms with Gasteiger partial charge in [-0.2, -0.15) is 0 Å². The third-order valence-corrected chi connectivity index (χ3v) is 4.61. The minimum Gasteiger partial charge on any atom is -0.326 e. The molecule has 128 valence electrons. The van der Waals surface area contributed by atoms with E-state index < -0.39 is 39.2 Å². The van der Waals surface area contributed by atoms with Crippen LogP contribution in [0.25, 0.3) is 0 Å². The summed E-state index contributed by atoms with van der Waals surface area (Å²) in [7, 11) is -3.83. The number of anilines is 2. The number of sulfonamides is 1. The Morgan fingerprint density at radius 2 is 1.71 bits per heavy atom. The van der Waals surface area contributed by atoms with Crippen molar-refractivity contribution >= 4 is 27.3 Å². The fourth-order valence-corrected chi connectivity index (χ4v) is 3.36. The molecule has 2 aromatic rings. The lowest BCUT2D eigenvalue weighted by Crippen LogP contribution is -2.29. The smallest absolute Gasteiger partial charge is 0.233 e. The average molecular weight is 354 g/mol. The molecule has 2 aromatic carbocycles. The first-order valence-electron chi connectivity index (χ1n) is 7.08. The van der Waals surface area contributed by atoms with Crippen molar-refractivity contribution in [2.75, 3.05) is 15.8 Å². The van der Waals surface area contributed by atoms with Gasteiger partial charge in [-0.05, 0) is 42.5 Å². The van der Waals surface area contributed by atoms with Gasteiger partial charge >= 0.3 is 0 Å². The number of halogens is 2. The van der Waals surface area contributed by atoms with Crippen LogP contribution < -0.4 is 10.0 Å². The molecule has 0 saturated heterocycles. The zero-order valence-electron chi connectivity index (χ0n) is 12.8. The van der Waals surface area contributed by atoms with Crippen molar-refractivity contribution in [1.29, 1.82) is 0 Å². The molecule has 24 heavy (non-hydrogen) atoms. The van der Waals surface area contributed by atoms with E-state index in [1.807, 2.05) is 0 Å². The van der Waals surface area contributed by atoms with E-state index in [9.17, 15) is 22.0 Å². The van der Waals surface area contributed by atoms with Gasteiger partial charge in [0.25, 0.3) is 0 Å². The lowest BCUT2D eigenvalue weighted by atomic mass is 10.2. The number of amides is 1. The first kappa shape index (κ1) is 17.9. The second kappa shape index (κ2) is 7.39. The summed E-state index contributed by atoms with van der Waals surface area (Å²) in [6.45, 7) is 1.45. The molecule has 0 aromatic heterocycles. The van der Waals surface area contributed by atoms with E-state index in [-0.39, 0.29) is 5.69 Å². The highest BCUT2D eigenvalue weighted by Crippen LogP contribution is 2.14. The highest BCUT2D eigenvalue weighted by Gasteiger charge is 2.22. The van der Waals surface area contributed by atoms with Crippen molar-refractivity contribution < 1.29 is 22.0 Å². The van der Waals surface area contributed by atoms with E-state index in [1.165, 1.54) is 49.4 Å². The minimum atomic E-state index is -3.83. The molecule has 5 nitrogen and oxygen atoms in total. The van der Waals surface area contributed by atoms with Crippen molar-refractivity contribution in [1.82, 2.24) is 0 Å². The van der Waals surface area contributed by atoms with Crippen LogP contribution in [0.15, 0.2) is 48.5 Å². The largest absolute Gasteiger partial charge is 0.326 e. The number of carbonyl (C=O) groups excluding carboxylic acids is 1. The van der Waals surface area contributed by atoms with Crippen LogP contribution in [0.4, 0.5) is 20.2 Å². The van der Waals surface area contributed by atoms with E-state index in [0.717, 1.165) is 6.07 Å². The van der Waals surface area contributed by atoms with Gasteiger partial charge in [0.05, 0.1) is 17.4 Å². The van der Waals surface area contributed by atoms with Gasteiger partial charge in [-0.3, -0.25) is 9.52 Å². The van der Waals surface area contributed by atoms with Crippen LogP contribution in [-0.4, -0.2) is 20.1 Å². The summed E-state index contributed by atoms with van der Waals surface area (Å²) in [4.78, 5) is 12.0. The van der Waals surface area contributed by atoms with Crippen molar-refractivity contribution in [3.05, 3.63) is 60.2 Å². The molecule has 0 aliphatic heterocycles. The second-order valence-electron chi connectivity index (χ2n) is 5.29. The third kappa shape index (κ3) is 5.31. The van der Waals surface area contributed by atoms with Gasteiger partial charge in [-0.15, -0.1) is 0 Å². The van der Waals surface area contributed by atoms with E-state index in [2.05, 4.69) is 10.0 Å². The van der Waals surface area contributed by atoms with E-state index in [4.69, 9.17) is 0 Å². The zero-order valence-corrected chi connectivity index (χ0v) is 13.6. The molecule has 2 N–H and O–H groups in total. The van der Waals surface area contributed by atoms with Crippen LogP contribution in [0.1, 0.15) is 6.92 Å². The quantitative estimate of drug-likeness (QED) is 0.837. The summed E-state index contributed by atoms with van der Waals surface area (Å²) in [5, 5.41) is 2.51. The number of hydrogen-bond acceptors (Lipinski definition) is 3. The van der Waals surface area contributed by atoms with Crippen molar-refractivity contribution in [3.63, 3.8) is 0 Å². The lowest BCUT2D eigenvalue weighted by molar-refractivity contribution is -0.118. The monoisotopic (exact) mass is 354 g/mol. The molecule has 0 aliphatic rings. The number of nitrogens with one attached hydrogen (secondary N) is 2. The minimum absolute atomic E-state index is 0.0844. The maximum Gasteiger partial charge on any atom is 0.233 e. The molecule has 2 rings (SSSR count). The fourth-order valence-electron chi connectivity index (χ4n) is 1.98. The summed E-state index contributed by atoms with van der Waals surface area (Å²) in [5.41, 5.74) is 0.449. The Balaban J connectivity index is 1.97. The van der Waals surface area contributed by atoms with Crippen molar-refractivity contribution in [2.45, 2.75) is 6.92 Å². The van der Waals surface area contributed by atoms with Gasteiger partial charge in [-0.1, -0.05) is 13.0 Å². The Kier molecular flexibility index (Phi) is 5.50.